The average Bonchev–Trinajstić information content (AvgIpc) is 2.47. The fourth-order valence-electron chi connectivity index (χ4n) is 1.90. The van der Waals surface area contributed by atoms with Gasteiger partial charge in [-0.25, -0.2) is 17.9 Å². The molecule has 2 N–H and O–H groups in total. The fourth-order valence-corrected chi connectivity index (χ4v) is 2.90. The number of sulfonamides is 1. The number of carbonyl (C=O) groups is 1. The van der Waals surface area contributed by atoms with Crippen LogP contribution in [0.25, 0.3) is 0 Å². The van der Waals surface area contributed by atoms with Crippen LogP contribution in [0.4, 0.5) is 16.2 Å². The standard InChI is InChI=1S/C15H17N3O4S/c1-3-22-15(19)18-23(20,21)14-10-16-8-7-13(14)17-12-6-4-5-11(2)9-12/h4-10H,3H2,1-2H3,(H,16,17)(H,18,19). The van der Waals surface area contributed by atoms with Crippen molar-refractivity contribution in [1.82, 2.24) is 9.71 Å². The molecule has 7 nitrogen and oxygen atoms in total. The van der Waals surface area contributed by atoms with E-state index in [-0.39, 0.29) is 11.5 Å². The molecule has 122 valence electrons. The van der Waals surface area contributed by atoms with Crippen molar-refractivity contribution < 1.29 is 17.9 Å². The van der Waals surface area contributed by atoms with E-state index in [2.05, 4.69) is 15.0 Å². The summed E-state index contributed by atoms with van der Waals surface area (Å²) in [6, 6.07) is 8.97. The van der Waals surface area contributed by atoms with E-state index in [4.69, 9.17) is 0 Å². The summed E-state index contributed by atoms with van der Waals surface area (Å²) in [4.78, 5) is 15.1. The highest BCUT2D eigenvalue weighted by Crippen LogP contribution is 2.24. The SMILES string of the molecule is CCOC(=O)NS(=O)(=O)c1cnccc1Nc1cccc(C)c1. The van der Waals surface area contributed by atoms with Gasteiger partial charge in [-0.15, -0.1) is 0 Å². The van der Waals surface area contributed by atoms with Crippen LogP contribution in [0.2, 0.25) is 0 Å². The molecule has 0 aliphatic heterocycles. The smallest absolute Gasteiger partial charge is 0.421 e. The zero-order chi connectivity index (χ0) is 16.9. The molecule has 0 radical (unpaired) electrons. The molecule has 0 saturated heterocycles. The number of hydrogen-bond acceptors (Lipinski definition) is 6. The first-order chi connectivity index (χ1) is 10.9. The van der Waals surface area contributed by atoms with Crippen LogP contribution < -0.4 is 10.0 Å². The highest BCUT2D eigenvalue weighted by Gasteiger charge is 2.22. The number of ether oxygens (including phenoxy) is 1. The predicted molar refractivity (Wildman–Crippen MR) is 86.0 cm³/mol. The first-order valence-corrected chi connectivity index (χ1v) is 8.38. The van der Waals surface area contributed by atoms with Crippen LogP contribution in [0, 0.1) is 6.92 Å². The minimum Gasteiger partial charge on any atom is -0.449 e. The first-order valence-electron chi connectivity index (χ1n) is 6.89. The lowest BCUT2D eigenvalue weighted by atomic mass is 10.2. The number of anilines is 2. The first kappa shape index (κ1) is 16.8. The van der Waals surface area contributed by atoms with Crippen LogP contribution in [0.1, 0.15) is 12.5 Å². The number of hydrogen-bond donors (Lipinski definition) is 2. The molecule has 0 aliphatic rings. The van der Waals surface area contributed by atoms with Crippen molar-refractivity contribution in [2.75, 3.05) is 11.9 Å². The van der Waals surface area contributed by atoms with E-state index in [1.165, 1.54) is 18.5 Å². The Bertz CT molecular complexity index is 806. The van der Waals surface area contributed by atoms with Crippen molar-refractivity contribution in [3.8, 4) is 0 Å². The maximum Gasteiger partial charge on any atom is 0.421 e. The van der Waals surface area contributed by atoms with E-state index >= 15 is 0 Å². The monoisotopic (exact) mass is 335 g/mol. The van der Waals surface area contributed by atoms with Crippen molar-refractivity contribution in [1.29, 1.82) is 0 Å². The molecule has 1 amide bonds. The van der Waals surface area contributed by atoms with Gasteiger partial charge in [0.1, 0.15) is 4.90 Å². The van der Waals surface area contributed by atoms with Gasteiger partial charge in [-0.05, 0) is 37.6 Å². The largest absolute Gasteiger partial charge is 0.449 e. The molecule has 0 atom stereocenters. The summed E-state index contributed by atoms with van der Waals surface area (Å²) >= 11 is 0. The van der Waals surface area contributed by atoms with Gasteiger partial charge in [0.15, 0.2) is 0 Å². The van der Waals surface area contributed by atoms with E-state index in [0.29, 0.717) is 5.69 Å². The van der Waals surface area contributed by atoms with Gasteiger partial charge in [0.25, 0.3) is 10.0 Å². The highest BCUT2D eigenvalue weighted by molar-refractivity contribution is 7.90. The van der Waals surface area contributed by atoms with Crippen LogP contribution >= 0.6 is 0 Å². The molecule has 0 unspecified atom stereocenters. The lowest BCUT2D eigenvalue weighted by Crippen LogP contribution is -2.31. The molecule has 0 fully saturated rings. The summed E-state index contributed by atoms with van der Waals surface area (Å²) in [6.07, 6.45) is 1.60. The van der Waals surface area contributed by atoms with E-state index in [1.807, 2.05) is 35.9 Å². The van der Waals surface area contributed by atoms with Crippen LogP contribution in [-0.4, -0.2) is 26.1 Å². The van der Waals surface area contributed by atoms with Gasteiger partial charge >= 0.3 is 6.09 Å². The van der Waals surface area contributed by atoms with Crippen molar-refractivity contribution in [2.45, 2.75) is 18.7 Å². The highest BCUT2D eigenvalue weighted by atomic mass is 32.2. The van der Waals surface area contributed by atoms with E-state index in [9.17, 15) is 13.2 Å². The molecule has 1 aromatic carbocycles. The molecule has 0 saturated carbocycles. The second-order valence-electron chi connectivity index (χ2n) is 4.69. The van der Waals surface area contributed by atoms with Crippen LogP contribution in [0.3, 0.4) is 0 Å². The van der Waals surface area contributed by atoms with Gasteiger partial charge in [-0.2, -0.15) is 0 Å². The minimum absolute atomic E-state index is 0.0722. The third kappa shape index (κ3) is 4.43. The van der Waals surface area contributed by atoms with E-state index in [0.717, 1.165) is 11.3 Å². The molecular formula is C15H17N3O4S. The topological polar surface area (TPSA) is 97.4 Å². The molecule has 0 aliphatic carbocycles. The molecule has 2 rings (SSSR count). The zero-order valence-corrected chi connectivity index (χ0v) is 13.6. The molecule has 8 heteroatoms. The third-order valence-electron chi connectivity index (χ3n) is 2.86. The Morgan fingerprint density at radius 3 is 2.78 bits per heavy atom. The van der Waals surface area contributed by atoms with Gasteiger partial charge in [-0.1, -0.05) is 12.1 Å². The van der Waals surface area contributed by atoms with Crippen molar-refractivity contribution in [2.24, 2.45) is 0 Å². The van der Waals surface area contributed by atoms with Crippen LogP contribution in [0.5, 0.6) is 0 Å². The third-order valence-corrected chi connectivity index (χ3v) is 4.20. The fraction of sp³-hybridized carbons (Fsp3) is 0.200. The van der Waals surface area contributed by atoms with Gasteiger partial charge in [0.05, 0.1) is 12.3 Å². The zero-order valence-electron chi connectivity index (χ0n) is 12.7. The number of nitrogens with zero attached hydrogens (tertiary/aromatic N) is 1. The Balaban J connectivity index is 2.31. The number of pyridine rings is 1. The predicted octanol–water partition coefficient (Wildman–Crippen LogP) is 2.57. The second-order valence-corrected chi connectivity index (χ2v) is 6.34. The summed E-state index contributed by atoms with van der Waals surface area (Å²) in [7, 11) is -4.09. The number of benzene rings is 1. The van der Waals surface area contributed by atoms with Gasteiger partial charge in [0.2, 0.25) is 0 Å². The maximum absolute atomic E-state index is 12.3. The maximum atomic E-state index is 12.3. The average molecular weight is 335 g/mol. The Morgan fingerprint density at radius 1 is 1.30 bits per heavy atom. The van der Waals surface area contributed by atoms with Gasteiger partial charge < -0.3 is 10.1 Å². The Hall–Kier alpha value is -2.61. The molecule has 1 aromatic heterocycles. The number of nitrogens with one attached hydrogen (secondary N) is 2. The Kier molecular flexibility index (Phi) is 5.17. The molecule has 0 bridgehead atoms. The summed E-state index contributed by atoms with van der Waals surface area (Å²) in [5.74, 6) is 0. The number of amides is 1. The second kappa shape index (κ2) is 7.10. The number of carbonyl (C=O) groups excluding carboxylic acids is 1. The van der Waals surface area contributed by atoms with Crippen LogP contribution in [0.15, 0.2) is 47.6 Å². The van der Waals surface area contributed by atoms with Crippen LogP contribution in [-0.2, 0) is 14.8 Å². The summed E-state index contributed by atoms with van der Waals surface area (Å²) in [6.45, 7) is 3.58. The molecule has 0 spiro atoms. The Labute approximate surface area is 134 Å². The van der Waals surface area contributed by atoms with E-state index in [1.54, 1.807) is 6.92 Å². The minimum atomic E-state index is -4.09. The van der Waals surface area contributed by atoms with Crippen molar-refractivity contribution >= 4 is 27.5 Å². The normalized spacial score (nSPS) is 10.9. The summed E-state index contributed by atoms with van der Waals surface area (Å²) in [5.41, 5.74) is 2.06. The number of aromatic nitrogens is 1. The van der Waals surface area contributed by atoms with Gasteiger partial charge in [0, 0.05) is 18.1 Å². The number of rotatable bonds is 5. The Morgan fingerprint density at radius 2 is 2.09 bits per heavy atom. The summed E-state index contributed by atoms with van der Waals surface area (Å²) in [5, 5.41) is 3.01. The lowest BCUT2D eigenvalue weighted by Gasteiger charge is -2.13. The number of aryl methyl sites for hydroxylation is 1. The molecule has 1 heterocycles. The summed E-state index contributed by atoms with van der Waals surface area (Å²) < 4.78 is 31.1. The molecular weight excluding hydrogens is 318 g/mol. The van der Waals surface area contributed by atoms with Crippen molar-refractivity contribution in [3.63, 3.8) is 0 Å². The quantitative estimate of drug-likeness (QED) is 0.871. The lowest BCUT2D eigenvalue weighted by molar-refractivity contribution is 0.158. The van der Waals surface area contributed by atoms with Gasteiger partial charge in [-0.3, -0.25) is 4.98 Å². The molecule has 23 heavy (non-hydrogen) atoms. The van der Waals surface area contributed by atoms with E-state index < -0.39 is 16.1 Å². The van der Waals surface area contributed by atoms with Crippen molar-refractivity contribution in [3.05, 3.63) is 48.3 Å². The molecule has 2 aromatic rings.